The smallest absolute Gasteiger partial charge is 0.338 e. The monoisotopic (exact) mass is 409 g/mol. The van der Waals surface area contributed by atoms with E-state index in [0.717, 1.165) is 12.8 Å². The van der Waals surface area contributed by atoms with Crippen molar-refractivity contribution in [3.05, 3.63) is 59.1 Å². The quantitative estimate of drug-likeness (QED) is 0.518. The first-order valence-electron chi connectivity index (χ1n) is 8.62. The summed E-state index contributed by atoms with van der Waals surface area (Å²) in [6, 6.07) is 12.7. The zero-order chi connectivity index (χ0) is 19.3. The van der Waals surface area contributed by atoms with Crippen LogP contribution in [0.1, 0.15) is 23.2 Å². The molecule has 0 unspecified atom stereocenters. The maximum absolute atomic E-state index is 12.5. The molecule has 1 aliphatic heterocycles. The molecule has 0 spiro atoms. The van der Waals surface area contributed by atoms with E-state index in [9.17, 15) is 13.2 Å². The van der Waals surface area contributed by atoms with Crippen LogP contribution in [0.25, 0.3) is 0 Å². The van der Waals surface area contributed by atoms with E-state index in [1.165, 1.54) is 28.6 Å². The molecule has 1 aliphatic rings. The third kappa shape index (κ3) is 5.00. The second kappa shape index (κ2) is 8.73. The van der Waals surface area contributed by atoms with Crippen LogP contribution in [0.3, 0.4) is 0 Å². The minimum absolute atomic E-state index is 0.0787. The molecule has 6 nitrogen and oxygen atoms in total. The zero-order valence-electron chi connectivity index (χ0n) is 14.6. The Labute approximate surface area is 163 Å². The number of carbonyl (C=O) groups is 1. The molecule has 0 radical (unpaired) electrons. The predicted molar refractivity (Wildman–Crippen MR) is 102 cm³/mol. The van der Waals surface area contributed by atoms with E-state index in [2.05, 4.69) is 0 Å². The number of carbonyl (C=O) groups excluding carboxylic acids is 1. The van der Waals surface area contributed by atoms with Crippen molar-refractivity contribution in [3.8, 4) is 5.75 Å². The van der Waals surface area contributed by atoms with Gasteiger partial charge in [0.05, 0.1) is 10.5 Å². The maximum atomic E-state index is 12.5. The first-order valence-corrected chi connectivity index (χ1v) is 10.4. The largest absolute Gasteiger partial charge is 0.490 e. The number of hydrogen-bond acceptors (Lipinski definition) is 5. The summed E-state index contributed by atoms with van der Waals surface area (Å²) in [5.74, 6) is 0.103. The van der Waals surface area contributed by atoms with Crippen LogP contribution in [0, 0.1) is 0 Å². The fourth-order valence-electron chi connectivity index (χ4n) is 2.75. The number of hydrogen-bond donors (Lipinski definition) is 0. The molecule has 0 atom stereocenters. The molecular weight excluding hydrogens is 390 g/mol. The van der Waals surface area contributed by atoms with Gasteiger partial charge in [0.15, 0.2) is 0 Å². The van der Waals surface area contributed by atoms with Gasteiger partial charge in [0.1, 0.15) is 19.0 Å². The summed E-state index contributed by atoms with van der Waals surface area (Å²) >= 11 is 5.79. The van der Waals surface area contributed by atoms with Gasteiger partial charge in [0.25, 0.3) is 0 Å². The van der Waals surface area contributed by atoms with E-state index >= 15 is 0 Å². The maximum Gasteiger partial charge on any atom is 0.338 e. The van der Waals surface area contributed by atoms with Crippen molar-refractivity contribution < 1.29 is 22.7 Å². The number of sulfonamides is 1. The number of halogens is 1. The third-order valence-corrected chi connectivity index (χ3v) is 6.36. The molecule has 0 bridgehead atoms. The summed E-state index contributed by atoms with van der Waals surface area (Å²) in [6.45, 7) is 1.36. The summed E-state index contributed by atoms with van der Waals surface area (Å²) in [6.07, 6.45) is 1.75. The SMILES string of the molecule is O=C(OCCOc1ccc(Cl)cc1)c1ccc(S(=O)(=O)N2CCCC2)cc1. The molecule has 1 heterocycles. The number of benzene rings is 2. The Hall–Kier alpha value is -2.09. The molecule has 0 saturated carbocycles. The van der Waals surface area contributed by atoms with E-state index in [-0.39, 0.29) is 18.1 Å². The molecule has 1 fully saturated rings. The molecule has 27 heavy (non-hydrogen) atoms. The Balaban J connectivity index is 1.50. The van der Waals surface area contributed by atoms with Crippen LogP contribution in [0.15, 0.2) is 53.4 Å². The molecule has 8 heteroatoms. The Morgan fingerprint density at radius 3 is 2.22 bits per heavy atom. The second-order valence-corrected chi connectivity index (χ2v) is 8.45. The molecule has 1 saturated heterocycles. The Kier molecular flexibility index (Phi) is 6.36. The lowest BCUT2D eigenvalue weighted by Crippen LogP contribution is -2.27. The van der Waals surface area contributed by atoms with E-state index in [1.54, 1.807) is 24.3 Å². The van der Waals surface area contributed by atoms with Gasteiger partial charge in [0.2, 0.25) is 10.0 Å². The standard InChI is InChI=1S/C19H20ClNO5S/c20-16-5-7-17(8-6-16)25-13-14-26-19(22)15-3-9-18(10-4-15)27(23,24)21-11-1-2-12-21/h3-10H,1-2,11-14H2. The van der Waals surface area contributed by atoms with Crippen LogP contribution in [-0.4, -0.2) is 45.0 Å². The highest BCUT2D eigenvalue weighted by Crippen LogP contribution is 2.21. The minimum Gasteiger partial charge on any atom is -0.490 e. The van der Waals surface area contributed by atoms with E-state index < -0.39 is 16.0 Å². The average Bonchev–Trinajstić information content (AvgIpc) is 3.22. The van der Waals surface area contributed by atoms with Gasteiger partial charge in [-0.1, -0.05) is 11.6 Å². The van der Waals surface area contributed by atoms with E-state index in [4.69, 9.17) is 21.1 Å². The van der Waals surface area contributed by atoms with Gasteiger partial charge < -0.3 is 9.47 Å². The van der Waals surface area contributed by atoms with Crippen LogP contribution in [0.2, 0.25) is 5.02 Å². The van der Waals surface area contributed by atoms with Crippen molar-refractivity contribution in [3.63, 3.8) is 0 Å². The van der Waals surface area contributed by atoms with Crippen LogP contribution in [0.4, 0.5) is 0 Å². The first kappa shape index (κ1) is 19.7. The van der Waals surface area contributed by atoms with Crippen LogP contribution >= 0.6 is 11.6 Å². The van der Waals surface area contributed by atoms with Gasteiger partial charge >= 0.3 is 5.97 Å². The molecule has 0 amide bonds. The summed E-state index contributed by atoms with van der Waals surface area (Å²) in [4.78, 5) is 12.2. The Morgan fingerprint density at radius 1 is 0.963 bits per heavy atom. The van der Waals surface area contributed by atoms with Crippen molar-refractivity contribution in [2.24, 2.45) is 0 Å². The highest BCUT2D eigenvalue weighted by atomic mass is 35.5. The van der Waals surface area contributed by atoms with E-state index in [0.29, 0.717) is 29.4 Å². The molecule has 2 aromatic carbocycles. The van der Waals surface area contributed by atoms with Crippen LogP contribution in [0.5, 0.6) is 5.75 Å². The van der Waals surface area contributed by atoms with Crippen LogP contribution in [-0.2, 0) is 14.8 Å². The lowest BCUT2D eigenvalue weighted by Gasteiger charge is -2.15. The Morgan fingerprint density at radius 2 is 1.59 bits per heavy atom. The van der Waals surface area contributed by atoms with Crippen molar-refractivity contribution in [1.82, 2.24) is 4.31 Å². The van der Waals surface area contributed by atoms with Crippen molar-refractivity contribution in [2.75, 3.05) is 26.3 Å². The highest BCUT2D eigenvalue weighted by molar-refractivity contribution is 7.89. The number of nitrogens with zero attached hydrogens (tertiary/aromatic N) is 1. The fourth-order valence-corrected chi connectivity index (χ4v) is 4.39. The van der Waals surface area contributed by atoms with E-state index in [1.807, 2.05) is 0 Å². The molecular formula is C19H20ClNO5S. The lowest BCUT2D eigenvalue weighted by molar-refractivity contribution is 0.0450. The normalized spacial score (nSPS) is 14.9. The fraction of sp³-hybridized carbons (Fsp3) is 0.316. The van der Waals surface area contributed by atoms with Crippen molar-refractivity contribution in [2.45, 2.75) is 17.7 Å². The van der Waals surface area contributed by atoms with Crippen LogP contribution < -0.4 is 4.74 Å². The summed E-state index contributed by atoms with van der Waals surface area (Å²) < 4.78 is 37.0. The number of ether oxygens (including phenoxy) is 2. The third-order valence-electron chi connectivity index (χ3n) is 4.19. The molecule has 0 aromatic heterocycles. The second-order valence-electron chi connectivity index (χ2n) is 6.07. The number of rotatable bonds is 7. The molecule has 2 aromatic rings. The average molecular weight is 410 g/mol. The first-order chi connectivity index (χ1) is 13.0. The predicted octanol–water partition coefficient (Wildman–Crippen LogP) is 3.36. The van der Waals surface area contributed by atoms with Gasteiger partial charge in [0, 0.05) is 18.1 Å². The summed E-state index contributed by atoms with van der Waals surface area (Å²) in [7, 11) is -3.48. The topological polar surface area (TPSA) is 72.9 Å². The highest BCUT2D eigenvalue weighted by Gasteiger charge is 2.27. The lowest BCUT2D eigenvalue weighted by atomic mass is 10.2. The van der Waals surface area contributed by atoms with Crippen molar-refractivity contribution in [1.29, 1.82) is 0 Å². The van der Waals surface area contributed by atoms with Gasteiger partial charge in [-0.2, -0.15) is 4.31 Å². The van der Waals surface area contributed by atoms with Gasteiger partial charge in [-0.3, -0.25) is 0 Å². The summed E-state index contributed by atoms with van der Waals surface area (Å²) in [5.41, 5.74) is 0.293. The Bertz CT molecular complexity index is 875. The molecule has 144 valence electrons. The minimum atomic E-state index is -3.48. The van der Waals surface area contributed by atoms with Gasteiger partial charge in [-0.25, -0.2) is 13.2 Å². The number of esters is 1. The molecule has 0 aliphatic carbocycles. The van der Waals surface area contributed by atoms with Crippen molar-refractivity contribution >= 4 is 27.6 Å². The zero-order valence-corrected chi connectivity index (χ0v) is 16.2. The van der Waals surface area contributed by atoms with Gasteiger partial charge in [-0.15, -0.1) is 0 Å². The molecule has 3 rings (SSSR count). The molecule has 0 N–H and O–H groups in total. The summed E-state index contributed by atoms with van der Waals surface area (Å²) in [5, 5.41) is 0.615. The van der Waals surface area contributed by atoms with Gasteiger partial charge in [-0.05, 0) is 61.4 Å².